The van der Waals surface area contributed by atoms with Gasteiger partial charge in [-0.05, 0) is 46.8 Å². The lowest BCUT2D eigenvalue weighted by Gasteiger charge is -2.19. The summed E-state index contributed by atoms with van der Waals surface area (Å²) < 4.78 is 0. The molecule has 2 amide bonds. The summed E-state index contributed by atoms with van der Waals surface area (Å²) in [5.41, 5.74) is 0. The molecule has 122 valence electrons. The number of carboxylic acids is 2. The zero-order chi connectivity index (χ0) is 16.4. The van der Waals surface area contributed by atoms with Crippen LogP contribution in [0.2, 0.25) is 0 Å². The monoisotopic (exact) mass is 303 g/mol. The van der Waals surface area contributed by atoms with Gasteiger partial charge in [-0.2, -0.15) is 0 Å². The van der Waals surface area contributed by atoms with Gasteiger partial charge in [-0.25, -0.2) is 9.59 Å². The Morgan fingerprint density at radius 2 is 1.71 bits per heavy atom. The second-order valence-electron chi connectivity index (χ2n) is 5.29. The standard InChI is InChI=1S/C13H25N3O5/c1-9(7-8-16(2)3)14-13(21)15-10(12(19)20)5-4-6-11(17)18/h9-10H,4-8H2,1-3H3,(H,17,18)(H,19,20)(H2,14,15,21)/t9?,10-/m1/s1. The summed E-state index contributed by atoms with van der Waals surface area (Å²) in [7, 11) is 3.85. The number of carbonyl (C=O) groups is 3. The van der Waals surface area contributed by atoms with E-state index in [0.29, 0.717) is 0 Å². The molecule has 8 heteroatoms. The van der Waals surface area contributed by atoms with Crippen LogP contribution in [0.5, 0.6) is 0 Å². The fraction of sp³-hybridized carbons (Fsp3) is 0.769. The van der Waals surface area contributed by atoms with Gasteiger partial charge in [-0.15, -0.1) is 0 Å². The number of carbonyl (C=O) groups excluding carboxylic acids is 1. The Morgan fingerprint density at radius 1 is 1.10 bits per heavy atom. The average Bonchev–Trinajstić information content (AvgIpc) is 2.34. The molecule has 0 rings (SSSR count). The van der Waals surface area contributed by atoms with Crippen LogP contribution < -0.4 is 10.6 Å². The van der Waals surface area contributed by atoms with Gasteiger partial charge in [0.25, 0.3) is 0 Å². The minimum atomic E-state index is -1.17. The van der Waals surface area contributed by atoms with Gasteiger partial charge in [0.1, 0.15) is 6.04 Å². The predicted octanol–water partition coefficient (Wildman–Crippen LogP) is 0.334. The van der Waals surface area contributed by atoms with E-state index >= 15 is 0 Å². The van der Waals surface area contributed by atoms with Crippen molar-refractivity contribution in [2.75, 3.05) is 20.6 Å². The number of hydrogen-bond acceptors (Lipinski definition) is 4. The topological polar surface area (TPSA) is 119 Å². The summed E-state index contributed by atoms with van der Waals surface area (Å²) >= 11 is 0. The molecule has 0 aliphatic heterocycles. The quantitative estimate of drug-likeness (QED) is 0.462. The van der Waals surface area contributed by atoms with E-state index in [1.54, 1.807) is 0 Å². The van der Waals surface area contributed by atoms with Gasteiger partial charge in [-0.3, -0.25) is 4.79 Å². The van der Waals surface area contributed by atoms with Crippen LogP contribution in [0, 0.1) is 0 Å². The summed E-state index contributed by atoms with van der Waals surface area (Å²) in [6, 6.07) is -1.71. The van der Waals surface area contributed by atoms with E-state index in [0.717, 1.165) is 13.0 Å². The molecule has 0 aromatic rings. The first-order valence-corrected chi connectivity index (χ1v) is 6.88. The molecule has 0 spiro atoms. The fourth-order valence-corrected chi connectivity index (χ4v) is 1.66. The highest BCUT2D eigenvalue weighted by Gasteiger charge is 2.20. The van der Waals surface area contributed by atoms with Crippen LogP contribution in [0.3, 0.4) is 0 Å². The molecule has 8 nitrogen and oxygen atoms in total. The molecule has 0 radical (unpaired) electrons. The highest BCUT2D eigenvalue weighted by Crippen LogP contribution is 2.02. The largest absolute Gasteiger partial charge is 0.481 e. The first kappa shape index (κ1) is 19.2. The highest BCUT2D eigenvalue weighted by molar-refractivity contribution is 5.82. The molecule has 0 aromatic heterocycles. The Labute approximate surface area is 124 Å². The average molecular weight is 303 g/mol. The van der Waals surface area contributed by atoms with Crippen LogP contribution in [0.25, 0.3) is 0 Å². The number of rotatable bonds is 10. The lowest BCUT2D eigenvalue weighted by Crippen LogP contribution is -2.48. The molecule has 0 aromatic carbocycles. The van der Waals surface area contributed by atoms with Gasteiger partial charge in [0, 0.05) is 12.5 Å². The molecule has 0 aliphatic rings. The van der Waals surface area contributed by atoms with E-state index in [1.165, 1.54) is 0 Å². The Morgan fingerprint density at radius 3 is 2.19 bits per heavy atom. The number of carboxylic acid groups (broad SMARTS) is 2. The van der Waals surface area contributed by atoms with Crippen molar-refractivity contribution in [2.24, 2.45) is 0 Å². The van der Waals surface area contributed by atoms with Gasteiger partial charge in [0.05, 0.1) is 0 Å². The summed E-state index contributed by atoms with van der Waals surface area (Å²) in [5, 5.41) is 22.5. The maximum absolute atomic E-state index is 11.7. The van der Waals surface area contributed by atoms with Gasteiger partial charge in [0.2, 0.25) is 0 Å². The zero-order valence-corrected chi connectivity index (χ0v) is 12.8. The Bertz CT molecular complexity index is 360. The minimum Gasteiger partial charge on any atom is -0.481 e. The number of amides is 2. The zero-order valence-electron chi connectivity index (χ0n) is 12.8. The minimum absolute atomic E-state index is 0.0825. The third-order valence-electron chi connectivity index (χ3n) is 2.87. The number of nitrogens with one attached hydrogen (secondary N) is 2. The SMILES string of the molecule is CC(CCN(C)C)NC(=O)N[C@H](CCCC(=O)O)C(=O)O. The van der Waals surface area contributed by atoms with Crippen molar-refractivity contribution in [1.82, 2.24) is 15.5 Å². The van der Waals surface area contributed by atoms with E-state index in [-0.39, 0.29) is 25.3 Å². The third-order valence-corrected chi connectivity index (χ3v) is 2.87. The van der Waals surface area contributed by atoms with E-state index in [4.69, 9.17) is 10.2 Å². The summed E-state index contributed by atoms with van der Waals surface area (Å²) in [6.07, 6.45) is 0.910. The van der Waals surface area contributed by atoms with E-state index in [1.807, 2.05) is 25.9 Å². The lowest BCUT2D eigenvalue weighted by atomic mass is 10.1. The maximum atomic E-state index is 11.7. The van der Waals surface area contributed by atoms with Gasteiger partial charge in [-0.1, -0.05) is 0 Å². The number of nitrogens with zero attached hydrogens (tertiary/aromatic N) is 1. The molecular formula is C13H25N3O5. The molecule has 0 bridgehead atoms. The normalized spacial score (nSPS) is 13.5. The smallest absolute Gasteiger partial charge is 0.326 e. The van der Waals surface area contributed by atoms with Crippen molar-refractivity contribution >= 4 is 18.0 Å². The molecule has 0 aliphatic carbocycles. The summed E-state index contributed by atoms with van der Waals surface area (Å²) in [5.74, 6) is -2.16. The molecule has 21 heavy (non-hydrogen) atoms. The Hall–Kier alpha value is -1.83. The van der Waals surface area contributed by atoms with Crippen LogP contribution in [0.4, 0.5) is 4.79 Å². The molecule has 0 heterocycles. The van der Waals surface area contributed by atoms with E-state index in [9.17, 15) is 14.4 Å². The first-order valence-electron chi connectivity index (χ1n) is 6.88. The second kappa shape index (κ2) is 9.98. The Kier molecular flexibility index (Phi) is 9.11. The predicted molar refractivity (Wildman–Crippen MR) is 77.2 cm³/mol. The molecule has 4 N–H and O–H groups in total. The van der Waals surface area contributed by atoms with Crippen molar-refractivity contribution < 1.29 is 24.6 Å². The second-order valence-corrected chi connectivity index (χ2v) is 5.29. The molecule has 0 fully saturated rings. The number of hydrogen-bond donors (Lipinski definition) is 4. The van der Waals surface area contributed by atoms with Crippen LogP contribution in [0.15, 0.2) is 0 Å². The van der Waals surface area contributed by atoms with Gasteiger partial charge < -0.3 is 25.7 Å². The molecule has 2 atom stereocenters. The van der Waals surface area contributed by atoms with Crippen molar-refractivity contribution in [3.63, 3.8) is 0 Å². The van der Waals surface area contributed by atoms with Crippen molar-refractivity contribution in [3.05, 3.63) is 0 Å². The van der Waals surface area contributed by atoms with Crippen LogP contribution in [-0.2, 0) is 9.59 Å². The maximum Gasteiger partial charge on any atom is 0.326 e. The molecular weight excluding hydrogens is 278 g/mol. The summed E-state index contributed by atoms with van der Waals surface area (Å²) in [6.45, 7) is 2.64. The van der Waals surface area contributed by atoms with Crippen molar-refractivity contribution in [2.45, 2.75) is 44.7 Å². The molecule has 1 unspecified atom stereocenters. The fourth-order valence-electron chi connectivity index (χ4n) is 1.66. The molecule has 0 saturated carbocycles. The third kappa shape index (κ3) is 10.6. The van der Waals surface area contributed by atoms with Crippen LogP contribution in [0.1, 0.15) is 32.6 Å². The van der Waals surface area contributed by atoms with Gasteiger partial charge >= 0.3 is 18.0 Å². The number of urea groups is 1. The summed E-state index contributed by atoms with van der Waals surface area (Å²) in [4.78, 5) is 35.1. The van der Waals surface area contributed by atoms with E-state index in [2.05, 4.69) is 10.6 Å². The van der Waals surface area contributed by atoms with E-state index < -0.39 is 24.0 Å². The van der Waals surface area contributed by atoms with Gasteiger partial charge in [0.15, 0.2) is 0 Å². The number of aliphatic carboxylic acids is 2. The van der Waals surface area contributed by atoms with Crippen LogP contribution >= 0.6 is 0 Å². The lowest BCUT2D eigenvalue weighted by molar-refractivity contribution is -0.140. The van der Waals surface area contributed by atoms with Crippen molar-refractivity contribution in [3.8, 4) is 0 Å². The van der Waals surface area contributed by atoms with Crippen molar-refractivity contribution in [1.29, 1.82) is 0 Å². The highest BCUT2D eigenvalue weighted by atomic mass is 16.4. The Balaban J connectivity index is 4.16. The van der Waals surface area contributed by atoms with Crippen LogP contribution in [-0.4, -0.2) is 65.8 Å². The molecule has 0 saturated heterocycles. The first-order chi connectivity index (χ1) is 9.72.